The summed E-state index contributed by atoms with van der Waals surface area (Å²) in [5.41, 5.74) is 1.36. The molecule has 5 heteroatoms. The van der Waals surface area contributed by atoms with E-state index in [2.05, 4.69) is 16.7 Å². The largest absolute Gasteiger partial charge is 0.355 e. The molecule has 0 fully saturated rings. The van der Waals surface area contributed by atoms with Crippen molar-refractivity contribution in [2.24, 2.45) is 5.92 Å². The molecular weight excluding hydrogens is 280 g/mol. The molecule has 0 radical (unpaired) electrons. The van der Waals surface area contributed by atoms with Crippen LogP contribution in [0.2, 0.25) is 4.34 Å². The van der Waals surface area contributed by atoms with Crippen LogP contribution in [-0.4, -0.2) is 19.0 Å². The molecule has 19 heavy (non-hydrogen) atoms. The van der Waals surface area contributed by atoms with E-state index >= 15 is 0 Å². The lowest BCUT2D eigenvalue weighted by Gasteiger charge is -2.23. The Morgan fingerprint density at radius 2 is 2.32 bits per heavy atom. The van der Waals surface area contributed by atoms with E-state index in [9.17, 15) is 4.79 Å². The highest BCUT2D eigenvalue weighted by atomic mass is 35.5. The van der Waals surface area contributed by atoms with E-state index in [-0.39, 0.29) is 11.8 Å². The topological polar surface area (TPSA) is 41.1 Å². The van der Waals surface area contributed by atoms with Crippen LogP contribution in [0.5, 0.6) is 0 Å². The average Bonchev–Trinajstić information content (AvgIpc) is 2.75. The Morgan fingerprint density at radius 1 is 1.53 bits per heavy atom. The first-order valence-electron chi connectivity index (χ1n) is 6.87. The van der Waals surface area contributed by atoms with Crippen LogP contribution in [-0.2, 0) is 11.2 Å². The van der Waals surface area contributed by atoms with Crippen LogP contribution in [0.15, 0.2) is 6.07 Å². The molecule has 1 aliphatic carbocycles. The lowest BCUT2D eigenvalue weighted by Crippen LogP contribution is -2.36. The van der Waals surface area contributed by atoms with Gasteiger partial charge in [-0.1, -0.05) is 25.4 Å². The van der Waals surface area contributed by atoms with E-state index in [1.165, 1.54) is 16.9 Å². The van der Waals surface area contributed by atoms with E-state index in [1.54, 1.807) is 11.3 Å². The zero-order valence-corrected chi connectivity index (χ0v) is 13.0. The first kappa shape index (κ1) is 14.8. The number of aryl methyl sites for hydroxylation is 1. The van der Waals surface area contributed by atoms with Crippen molar-refractivity contribution in [1.29, 1.82) is 0 Å². The van der Waals surface area contributed by atoms with Gasteiger partial charge in [0.15, 0.2) is 0 Å². The van der Waals surface area contributed by atoms with Crippen molar-refractivity contribution in [3.63, 3.8) is 0 Å². The highest BCUT2D eigenvalue weighted by Gasteiger charge is 2.22. The van der Waals surface area contributed by atoms with E-state index < -0.39 is 0 Å². The van der Waals surface area contributed by atoms with Gasteiger partial charge in [0.25, 0.3) is 0 Å². The van der Waals surface area contributed by atoms with Gasteiger partial charge in [0.05, 0.1) is 4.34 Å². The van der Waals surface area contributed by atoms with Crippen molar-refractivity contribution in [2.75, 3.05) is 13.1 Å². The van der Waals surface area contributed by atoms with Gasteiger partial charge in [0.1, 0.15) is 0 Å². The molecule has 2 rings (SSSR count). The number of carbonyl (C=O) groups is 1. The molecule has 1 unspecified atom stereocenters. The van der Waals surface area contributed by atoms with E-state index in [0.717, 1.165) is 23.7 Å². The second-order valence-corrected chi connectivity index (χ2v) is 7.04. The third-order valence-corrected chi connectivity index (χ3v) is 4.76. The lowest BCUT2D eigenvalue weighted by molar-refractivity contribution is -0.123. The Morgan fingerprint density at radius 3 is 3.05 bits per heavy atom. The van der Waals surface area contributed by atoms with Crippen LogP contribution in [0.1, 0.15) is 43.2 Å². The first-order chi connectivity index (χ1) is 9.08. The maximum Gasteiger partial charge on any atom is 0.222 e. The lowest BCUT2D eigenvalue weighted by atomic mass is 9.94. The van der Waals surface area contributed by atoms with Gasteiger partial charge in [0, 0.05) is 29.9 Å². The van der Waals surface area contributed by atoms with Crippen LogP contribution < -0.4 is 10.6 Å². The maximum absolute atomic E-state index is 11.4. The number of carbonyl (C=O) groups excluding carboxylic acids is 1. The Kier molecular flexibility index (Phi) is 5.25. The Balaban J connectivity index is 1.80. The minimum absolute atomic E-state index is 0.0527. The van der Waals surface area contributed by atoms with E-state index in [1.807, 2.05) is 13.8 Å². The summed E-state index contributed by atoms with van der Waals surface area (Å²) in [6.07, 6.45) is 3.51. The molecule has 3 nitrogen and oxygen atoms in total. The quantitative estimate of drug-likeness (QED) is 0.820. The average molecular weight is 301 g/mol. The summed E-state index contributed by atoms with van der Waals surface area (Å²) in [5.74, 6) is 0.168. The third kappa shape index (κ3) is 3.94. The minimum Gasteiger partial charge on any atom is -0.355 e. The smallest absolute Gasteiger partial charge is 0.222 e. The van der Waals surface area contributed by atoms with Crippen LogP contribution in [0.4, 0.5) is 0 Å². The monoisotopic (exact) mass is 300 g/mol. The fraction of sp³-hybridized carbons (Fsp3) is 0.643. The van der Waals surface area contributed by atoms with Gasteiger partial charge in [-0.15, -0.1) is 11.3 Å². The Labute approximate surface area is 123 Å². The molecule has 1 aromatic heterocycles. The molecule has 0 saturated carbocycles. The normalized spacial score (nSPS) is 18.4. The molecule has 0 saturated heterocycles. The Bertz CT molecular complexity index is 445. The number of nitrogens with one attached hydrogen (secondary N) is 2. The summed E-state index contributed by atoms with van der Waals surface area (Å²) in [6.45, 7) is 5.30. The van der Waals surface area contributed by atoms with Crippen molar-refractivity contribution in [3.8, 4) is 0 Å². The predicted octanol–water partition coefficient (Wildman–Crippen LogP) is 3.14. The van der Waals surface area contributed by atoms with Crippen LogP contribution in [0.3, 0.4) is 0 Å². The van der Waals surface area contributed by atoms with Crippen molar-refractivity contribution >= 4 is 28.8 Å². The van der Waals surface area contributed by atoms with E-state index in [4.69, 9.17) is 11.6 Å². The molecule has 1 aromatic rings. The number of hydrogen-bond donors (Lipinski definition) is 2. The van der Waals surface area contributed by atoms with Crippen molar-refractivity contribution < 1.29 is 4.79 Å². The number of amides is 1. The molecule has 2 N–H and O–H groups in total. The van der Waals surface area contributed by atoms with Gasteiger partial charge in [-0.2, -0.15) is 0 Å². The zero-order chi connectivity index (χ0) is 13.8. The molecule has 0 bridgehead atoms. The molecule has 1 amide bonds. The minimum atomic E-state index is 0.0527. The highest BCUT2D eigenvalue weighted by molar-refractivity contribution is 7.16. The summed E-state index contributed by atoms with van der Waals surface area (Å²) < 4.78 is 0.881. The number of hydrogen-bond acceptors (Lipinski definition) is 3. The summed E-state index contributed by atoms with van der Waals surface area (Å²) in [5, 5.41) is 6.44. The molecule has 0 spiro atoms. The van der Waals surface area contributed by atoms with Gasteiger partial charge in [0.2, 0.25) is 5.91 Å². The standard InChI is InChI=1S/C14H21ClN2OS/c1-9(2)14(18)17-7-6-16-11-4-3-5-12-10(11)8-13(15)19-12/h8-9,11,16H,3-7H2,1-2H3,(H,17,18). The van der Waals surface area contributed by atoms with Gasteiger partial charge in [-0.25, -0.2) is 0 Å². The first-order valence-corrected chi connectivity index (χ1v) is 8.06. The molecule has 0 aromatic carbocycles. The van der Waals surface area contributed by atoms with Crippen molar-refractivity contribution in [3.05, 3.63) is 20.8 Å². The molecule has 106 valence electrons. The Hall–Kier alpha value is -0.580. The number of thiophene rings is 1. The van der Waals surface area contributed by atoms with Gasteiger partial charge < -0.3 is 10.6 Å². The second kappa shape index (κ2) is 6.73. The summed E-state index contributed by atoms with van der Waals surface area (Å²) >= 11 is 7.79. The molecule has 1 heterocycles. The maximum atomic E-state index is 11.4. The molecule has 1 aliphatic rings. The molecular formula is C14H21ClN2OS. The third-order valence-electron chi connectivity index (χ3n) is 3.42. The summed E-state index contributed by atoms with van der Waals surface area (Å²) in [7, 11) is 0. The predicted molar refractivity (Wildman–Crippen MR) is 80.9 cm³/mol. The summed E-state index contributed by atoms with van der Waals surface area (Å²) in [6, 6.07) is 2.48. The number of rotatable bonds is 5. The number of fused-ring (bicyclic) bond motifs is 1. The van der Waals surface area contributed by atoms with Crippen molar-refractivity contribution in [2.45, 2.75) is 39.2 Å². The molecule has 0 aliphatic heterocycles. The summed E-state index contributed by atoms with van der Waals surface area (Å²) in [4.78, 5) is 12.9. The van der Waals surface area contributed by atoms with Crippen LogP contribution in [0, 0.1) is 5.92 Å². The number of halogens is 1. The van der Waals surface area contributed by atoms with Gasteiger partial charge in [-0.3, -0.25) is 4.79 Å². The van der Waals surface area contributed by atoms with Crippen LogP contribution >= 0.6 is 22.9 Å². The fourth-order valence-corrected chi connectivity index (χ4v) is 3.75. The van der Waals surface area contributed by atoms with Crippen molar-refractivity contribution in [1.82, 2.24) is 10.6 Å². The fourth-order valence-electron chi connectivity index (χ4n) is 2.37. The van der Waals surface area contributed by atoms with Crippen LogP contribution in [0.25, 0.3) is 0 Å². The molecule has 1 atom stereocenters. The van der Waals surface area contributed by atoms with Gasteiger partial charge in [-0.05, 0) is 30.9 Å². The zero-order valence-electron chi connectivity index (χ0n) is 11.5. The SMILES string of the molecule is CC(C)C(=O)NCCNC1CCCc2sc(Cl)cc21. The van der Waals surface area contributed by atoms with E-state index in [0.29, 0.717) is 12.6 Å². The van der Waals surface area contributed by atoms with Gasteiger partial charge >= 0.3 is 0 Å². The highest BCUT2D eigenvalue weighted by Crippen LogP contribution is 2.37. The second-order valence-electron chi connectivity index (χ2n) is 5.27.